The van der Waals surface area contributed by atoms with Gasteiger partial charge < -0.3 is 10.1 Å². The lowest BCUT2D eigenvalue weighted by atomic mass is 9.97. The maximum absolute atomic E-state index is 13.8. The van der Waals surface area contributed by atoms with Crippen molar-refractivity contribution in [3.8, 4) is 11.3 Å². The van der Waals surface area contributed by atoms with Crippen LogP contribution in [0, 0.1) is 13.8 Å². The molecule has 1 amide bonds. The number of aromatic nitrogens is 1. The van der Waals surface area contributed by atoms with E-state index in [-0.39, 0.29) is 12.5 Å². The molecule has 180 valence electrons. The zero-order valence-electron chi connectivity index (χ0n) is 19.8. The monoisotopic (exact) mass is 526 g/mol. The normalized spacial score (nSPS) is 11.0. The molecule has 0 aliphatic heterocycles. The number of hydrogen-bond acceptors (Lipinski definition) is 5. The number of ether oxygens (including phenoxy) is 1. The van der Waals surface area contributed by atoms with E-state index in [0.717, 1.165) is 10.4 Å². The molecule has 0 saturated carbocycles. The number of rotatable bonds is 6. The van der Waals surface area contributed by atoms with Crippen LogP contribution in [-0.4, -0.2) is 23.5 Å². The van der Waals surface area contributed by atoms with Crippen molar-refractivity contribution < 1.29 is 14.3 Å². The van der Waals surface area contributed by atoms with Crippen LogP contribution in [0.1, 0.15) is 50.6 Å². The summed E-state index contributed by atoms with van der Waals surface area (Å²) in [7, 11) is 0. The van der Waals surface area contributed by atoms with Crippen molar-refractivity contribution in [2.24, 2.45) is 0 Å². The van der Waals surface area contributed by atoms with Crippen LogP contribution < -0.4 is 5.32 Å². The predicted molar refractivity (Wildman–Crippen MR) is 144 cm³/mol. The van der Waals surface area contributed by atoms with Gasteiger partial charge in [0.1, 0.15) is 5.00 Å². The summed E-state index contributed by atoms with van der Waals surface area (Å²) < 4.78 is 5.29. The van der Waals surface area contributed by atoms with Crippen LogP contribution in [0.5, 0.6) is 0 Å². The highest BCUT2D eigenvalue weighted by Crippen LogP contribution is 2.37. The largest absolute Gasteiger partial charge is 0.462 e. The molecule has 0 atom stereocenters. The Labute approximate surface area is 218 Å². The molecule has 0 unspecified atom stereocenters. The number of aryl methyl sites for hydroxylation is 1. The Hall–Kier alpha value is -2.93. The molecular weight excluding hydrogens is 503 g/mol. The first-order chi connectivity index (χ1) is 16.8. The molecule has 5 nitrogen and oxygen atoms in total. The van der Waals surface area contributed by atoms with Gasteiger partial charge in [0.15, 0.2) is 0 Å². The molecule has 2 heterocycles. The smallest absolute Gasteiger partial charge is 0.341 e. The summed E-state index contributed by atoms with van der Waals surface area (Å²) >= 11 is 14.0. The molecule has 0 spiro atoms. The highest BCUT2D eigenvalue weighted by atomic mass is 35.5. The minimum atomic E-state index is -0.436. The molecule has 4 aromatic rings. The third-order valence-corrected chi connectivity index (χ3v) is 7.43. The maximum Gasteiger partial charge on any atom is 0.341 e. The standard InChI is InChI=1S/C27H24Cl2N2O3S/c1-5-17-15(4)35-26(23(17)27(33)34-6-2)31-25(32)22-14(3)24(18-12-11-16(28)13-20(18)29)30-21-10-8-7-9-19(21)22/h7-13H,5-6H2,1-4H3,(H,31,32). The summed E-state index contributed by atoms with van der Waals surface area (Å²) in [6.07, 6.45) is 0.656. The molecule has 0 saturated heterocycles. The third-order valence-electron chi connectivity index (χ3n) is 5.82. The minimum absolute atomic E-state index is 0.254. The van der Waals surface area contributed by atoms with Crippen molar-refractivity contribution in [3.05, 3.63) is 79.6 Å². The molecule has 1 N–H and O–H groups in total. The van der Waals surface area contributed by atoms with Gasteiger partial charge >= 0.3 is 5.97 Å². The first-order valence-corrected chi connectivity index (χ1v) is 12.8. The first kappa shape index (κ1) is 25.2. The number of fused-ring (bicyclic) bond motifs is 1. The lowest BCUT2D eigenvalue weighted by Crippen LogP contribution is -2.17. The second-order valence-electron chi connectivity index (χ2n) is 7.97. The Morgan fingerprint density at radius 2 is 1.80 bits per heavy atom. The number of thiophene rings is 1. The van der Waals surface area contributed by atoms with Gasteiger partial charge in [-0.25, -0.2) is 9.78 Å². The Morgan fingerprint density at radius 3 is 2.49 bits per heavy atom. The second kappa shape index (κ2) is 10.4. The van der Waals surface area contributed by atoms with Gasteiger partial charge in [-0.1, -0.05) is 48.3 Å². The zero-order valence-corrected chi connectivity index (χ0v) is 22.1. The summed E-state index contributed by atoms with van der Waals surface area (Å²) in [6.45, 7) is 7.78. The summed E-state index contributed by atoms with van der Waals surface area (Å²) in [5.74, 6) is -0.768. The Balaban J connectivity index is 1.87. The number of carbonyl (C=O) groups is 2. The predicted octanol–water partition coefficient (Wildman–Crippen LogP) is 7.88. The van der Waals surface area contributed by atoms with Crippen LogP contribution in [0.4, 0.5) is 5.00 Å². The molecule has 8 heteroatoms. The van der Waals surface area contributed by atoms with Gasteiger partial charge in [-0.3, -0.25) is 4.79 Å². The van der Waals surface area contributed by atoms with Crippen LogP contribution >= 0.6 is 34.5 Å². The van der Waals surface area contributed by atoms with Crippen molar-refractivity contribution in [1.29, 1.82) is 0 Å². The topological polar surface area (TPSA) is 68.3 Å². The van der Waals surface area contributed by atoms with Gasteiger partial charge in [-0.2, -0.15) is 0 Å². The first-order valence-electron chi connectivity index (χ1n) is 11.2. The van der Waals surface area contributed by atoms with Gasteiger partial charge in [0.2, 0.25) is 0 Å². The highest BCUT2D eigenvalue weighted by molar-refractivity contribution is 7.16. The van der Waals surface area contributed by atoms with E-state index in [4.69, 9.17) is 32.9 Å². The molecule has 4 rings (SSSR count). The van der Waals surface area contributed by atoms with E-state index in [1.165, 1.54) is 11.3 Å². The number of halogens is 2. The average molecular weight is 527 g/mol. The van der Waals surface area contributed by atoms with Crippen molar-refractivity contribution >= 4 is 62.3 Å². The fourth-order valence-electron chi connectivity index (χ4n) is 4.22. The molecule has 0 aliphatic carbocycles. The highest BCUT2D eigenvalue weighted by Gasteiger charge is 2.26. The molecule has 0 bridgehead atoms. The summed E-state index contributed by atoms with van der Waals surface area (Å²) in [5.41, 5.74) is 4.38. The van der Waals surface area contributed by atoms with Crippen LogP contribution in [0.25, 0.3) is 22.2 Å². The SMILES string of the molecule is CCOC(=O)c1c(NC(=O)c2c(C)c(-c3ccc(Cl)cc3Cl)nc3ccccc23)sc(C)c1CC. The number of para-hydroxylation sites is 1. The molecule has 0 fully saturated rings. The molecule has 35 heavy (non-hydrogen) atoms. The van der Waals surface area contributed by atoms with Crippen molar-refractivity contribution in [1.82, 2.24) is 4.98 Å². The van der Waals surface area contributed by atoms with E-state index in [1.54, 1.807) is 25.1 Å². The van der Waals surface area contributed by atoms with E-state index in [2.05, 4.69) is 5.32 Å². The molecule has 2 aromatic carbocycles. The summed E-state index contributed by atoms with van der Waals surface area (Å²) in [5, 5.41) is 5.14. The number of nitrogens with one attached hydrogen (secondary N) is 1. The number of amides is 1. The number of nitrogens with zero attached hydrogens (tertiary/aromatic N) is 1. The third kappa shape index (κ3) is 4.79. The Bertz CT molecular complexity index is 1460. The number of esters is 1. The van der Waals surface area contributed by atoms with E-state index in [9.17, 15) is 9.59 Å². The quantitative estimate of drug-likeness (QED) is 0.259. The summed E-state index contributed by atoms with van der Waals surface area (Å²) in [4.78, 5) is 32.3. The number of benzene rings is 2. The van der Waals surface area contributed by atoms with Crippen LogP contribution in [0.2, 0.25) is 10.0 Å². The lowest BCUT2D eigenvalue weighted by molar-refractivity contribution is 0.0527. The van der Waals surface area contributed by atoms with Gasteiger partial charge in [0.05, 0.1) is 34.0 Å². The Kier molecular flexibility index (Phi) is 7.45. The zero-order chi connectivity index (χ0) is 25.3. The number of hydrogen-bond donors (Lipinski definition) is 1. The molecule has 2 aromatic heterocycles. The number of anilines is 1. The average Bonchev–Trinajstić information content (AvgIpc) is 3.13. The van der Waals surface area contributed by atoms with E-state index in [1.807, 2.05) is 45.0 Å². The van der Waals surface area contributed by atoms with E-state index in [0.29, 0.717) is 60.3 Å². The number of carbonyl (C=O) groups excluding carboxylic acids is 2. The van der Waals surface area contributed by atoms with Gasteiger partial charge in [-0.15, -0.1) is 11.3 Å². The van der Waals surface area contributed by atoms with Crippen molar-refractivity contribution in [3.63, 3.8) is 0 Å². The lowest BCUT2D eigenvalue weighted by Gasteiger charge is -2.16. The van der Waals surface area contributed by atoms with Crippen LogP contribution in [0.15, 0.2) is 42.5 Å². The molecular formula is C27H24Cl2N2O3S. The van der Waals surface area contributed by atoms with Crippen LogP contribution in [0.3, 0.4) is 0 Å². The second-order valence-corrected chi connectivity index (χ2v) is 10.0. The van der Waals surface area contributed by atoms with E-state index >= 15 is 0 Å². The Morgan fingerprint density at radius 1 is 1.06 bits per heavy atom. The molecule has 0 radical (unpaired) electrons. The van der Waals surface area contributed by atoms with Gasteiger partial charge in [-0.05, 0) is 62.6 Å². The van der Waals surface area contributed by atoms with Crippen molar-refractivity contribution in [2.45, 2.75) is 34.1 Å². The maximum atomic E-state index is 13.8. The summed E-state index contributed by atoms with van der Waals surface area (Å²) in [6, 6.07) is 12.6. The van der Waals surface area contributed by atoms with Crippen LogP contribution in [-0.2, 0) is 11.2 Å². The molecule has 0 aliphatic rings. The van der Waals surface area contributed by atoms with Crippen molar-refractivity contribution in [2.75, 3.05) is 11.9 Å². The fourth-order valence-corrected chi connectivity index (χ4v) is 5.85. The van der Waals surface area contributed by atoms with Gasteiger partial charge in [0, 0.05) is 20.8 Å². The minimum Gasteiger partial charge on any atom is -0.462 e. The van der Waals surface area contributed by atoms with E-state index < -0.39 is 5.97 Å². The fraction of sp³-hybridized carbons (Fsp3) is 0.222. The van der Waals surface area contributed by atoms with Gasteiger partial charge in [0.25, 0.3) is 5.91 Å². The number of pyridine rings is 1.